The molecule has 0 aliphatic carbocycles. The van der Waals surface area contributed by atoms with Gasteiger partial charge in [-0.2, -0.15) is 13.2 Å². The smallest absolute Gasteiger partial charge is 0.441 e. The molecule has 6 nitrogen and oxygen atoms in total. The predicted octanol–water partition coefficient (Wildman–Crippen LogP) is 3.50. The van der Waals surface area contributed by atoms with Crippen molar-refractivity contribution < 1.29 is 36.6 Å². The van der Waals surface area contributed by atoms with Gasteiger partial charge in [0.1, 0.15) is 11.6 Å². The summed E-state index contributed by atoms with van der Waals surface area (Å²) in [5, 5.41) is 3.40. The highest BCUT2D eigenvalue weighted by Gasteiger charge is 2.64. The first-order valence-corrected chi connectivity index (χ1v) is 8.38. The molecule has 2 aromatic carbocycles. The van der Waals surface area contributed by atoms with Crippen LogP contribution in [0.3, 0.4) is 0 Å². The Kier molecular flexibility index (Phi) is 6.68. The molecule has 0 fully saturated rings. The highest BCUT2D eigenvalue weighted by molar-refractivity contribution is 5.99. The van der Waals surface area contributed by atoms with Crippen LogP contribution in [0.4, 0.5) is 23.2 Å². The number of alkyl halides is 3. The molecule has 0 radical (unpaired) electrons. The molecule has 0 aliphatic rings. The van der Waals surface area contributed by atoms with Gasteiger partial charge in [-0.25, -0.2) is 9.18 Å². The van der Waals surface area contributed by atoms with Crippen molar-refractivity contribution in [1.29, 1.82) is 0 Å². The maximum absolute atomic E-state index is 14.0. The summed E-state index contributed by atoms with van der Waals surface area (Å²) in [5.74, 6) is -3.75. The number of amides is 1. The van der Waals surface area contributed by atoms with Gasteiger partial charge in [-0.3, -0.25) is 4.79 Å². The zero-order valence-corrected chi connectivity index (χ0v) is 15.5. The maximum atomic E-state index is 14.0. The van der Waals surface area contributed by atoms with E-state index in [1.807, 2.05) is 0 Å². The highest BCUT2D eigenvalue weighted by Crippen LogP contribution is 2.34. The summed E-state index contributed by atoms with van der Waals surface area (Å²) < 4.78 is 65.6. The number of hydrogen-bond acceptors (Lipinski definition) is 5. The van der Waals surface area contributed by atoms with Crippen molar-refractivity contribution in [2.45, 2.75) is 18.8 Å². The third kappa shape index (κ3) is 4.76. The summed E-state index contributed by atoms with van der Waals surface area (Å²) in [4.78, 5) is 24.8. The van der Waals surface area contributed by atoms with Crippen molar-refractivity contribution in [2.75, 3.05) is 19.0 Å². The number of esters is 1. The van der Waals surface area contributed by atoms with E-state index in [1.54, 1.807) is 10.6 Å². The van der Waals surface area contributed by atoms with Gasteiger partial charge in [0.15, 0.2) is 0 Å². The van der Waals surface area contributed by atoms with Crippen molar-refractivity contribution in [1.82, 2.24) is 5.32 Å². The Morgan fingerprint density at radius 3 is 2.17 bits per heavy atom. The van der Waals surface area contributed by atoms with Gasteiger partial charge in [0.05, 0.1) is 19.4 Å². The van der Waals surface area contributed by atoms with Crippen molar-refractivity contribution >= 4 is 17.6 Å². The number of methoxy groups -OCH3 is 1. The molecule has 0 spiro atoms. The summed E-state index contributed by atoms with van der Waals surface area (Å²) in [7, 11) is 1.38. The van der Waals surface area contributed by atoms with Crippen LogP contribution >= 0.6 is 0 Å². The van der Waals surface area contributed by atoms with Crippen LogP contribution in [0, 0.1) is 5.82 Å². The van der Waals surface area contributed by atoms with Gasteiger partial charge in [0.2, 0.25) is 0 Å². The molecule has 0 aromatic heterocycles. The fourth-order valence-corrected chi connectivity index (χ4v) is 2.38. The lowest BCUT2D eigenvalue weighted by Gasteiger charge is -2.35. The number of anilines is 1. The second-order valence-corrected chi connectivity index (χ2v) is 5.76. The molecule has 0 heterocycles. The van der Waals surface area contributed by atoms with Gasteiger partial charge >= 0.3 is 17.8 Å². The van der Waals surface area contributed by atoms with Crippen LogP contribution in [0.5, 0.6) is 5.75 Å². The lowest BCUT2D eigenvalue weighted by Crippen LogP contribution is -2.69. The molecular formula is C19H18F4N2O4. The standard InChI is InChI=1S/C19H18F4N2O4/c1-3-29-17(27)18(19(21,22)23,24-15-7-5-4-6-14(15)20)25-16(26)12-8-10-13(28-2)11-9-12/h4-11,24H,3H2,1-2H3,(H,25,26)/t18-/m0/s1. The molecule has 29 heavy (non-hydrogen) atoms. The van der Waals surface area contributed by atoms with Gasteiger partial charge in [0.25, 0.3) is 5.91 Å². The largest absolute Gasteiger partial charge is 0.497 e. The SMILES string of the molecule is CCOC(=O)[C@@](NC(=O)c1ccc(OC)cc1)(Nc1ccccc1F)C(F)(F)F. The fraction of sp³-hybridized carbons (Fsp3) is 0.263. The van der Waals surface area contributed by atoms with Gasteiger partial charge in [-0.05, 0) is 43.3 Å². The first-order chi connectivity index (χ1) is 13.6. The quantitative estimate of drug-likeness (QED) is 0.412. The van der Waals surface area contributed by atoms with Crippen molar-refractivity contribution in [3.63, 3.8) is 0 Å². The molecule has 2 aromatic rings. The molecule has 0 aliphatic heterocycles. The normalized spacial score (nSPS) is 13.2. The lowest BCUT2D eigenvalue weighted by atomic mass is 10.1. The Morgan fingerprint density at radius 2 is 1.66 bits per heavy atom. The molecule has 156 valence electrons. The topological polar surface area (TPSA) is 76.7 Å². The van der Waals surface area contributed by atoms with E-state index in [-0.39, 0.29) is 5.56 Å². The molecule has 2 rings (SSSR count). The molecule has 0 saturated heterocycles. The zero-order valence-electron chi connectivity index (χ0n) is 15.5. The summed E-state index contributed by atoms with van der Waals surface area (Å²) in [6, 6.07) is 9.57. The minimum absolute atomic E-state index is 0.181. The van der Waals surface area contributed by atoms with E-state index < -0.39 is 41.8 Å². The second kappa shape index (κ2) is 8.80. The Bertz CT molecular complexity index is 871. The lowest BCUT2D eigenvalue weighted by molar-refractivity contribution is -0.204. The monoisotopic (exact) mass is 414 g/mol. The van der Waals surface area contributed by atoms with Gasteiger partial charge in [-0.15, -0.1) is 0 Å². The summed E-state index contributed by atoms with van der Waals surface area (Å²) in [5.41, 5.74) is -4.55. The summed E-state index contributed by atoms with van der Waals surface area (Å²) in [6.07, 6.45) is -5.37. The highest BCUT2D eigenvalue weighted by atomic mass is 19.4. The van der Waals surface area contributed by atoms with Crippen LogP contribution in [0.1, 0.15) is 17.3 Å². The minimum Gasteiger partial charge on any atom is -0.497 e. The molecule has 0 saturated carbocycles. The average molecular weight is 414 g/mol. The van der Waals surface area contributed by atoms with Crippen molar-refractivity contribution in [3.05, 3.63) is 59.9 Å². The number of para-hydroxylation sites is 1. The number of nitrogens with one attached hydrogen (secondary N) is 2. The van der Waals surface area contributed by atoms with E-state index in [1.165, 1.54) is 50.4 Å². The maximum Gasteiger partial charge on any atom is 0.441 e. The van der Waals surface area contributed by atoms with Crippen LogP contribution in [-0.4, -0.2) is 37.4 Å². The minimum atomic E-state index is -5.37. The molecule has 1 atom stereocenters. The van der Waals surface area contributed by atoms with Crippen LogP contribution in [0.15, 0.2) is 48.5 Å². The van der Waals surface area contributed by atoms with Gasteiger partial charge in [0, 0.05) is 5.56 Å². The van der Waals surface area contributed by atoms with Crippen LogP contribution in [-0.2, 0) is 9.53 Å². The molecule has 1 amide bonds. The molecule has 2 N–H and O–H groups in total. The molecule has 0 bridgehead atoms. The number of benzene rings is 2. The Balaban J connectivity index is 2.50. The Hall–Kier alpha value is -3.30. The van der Waals surface area contributed by atoms with E-state index in [4.69, 9.17) is 4.74 Å². The first kappa shape index (κ1) is 22.0. The summed E-state index contributed by atoms with van der Waals surface area (Å²) >= 11 is 0. The number of carbonyl (C=O) groups excluding carboxylic acids is 2. The number of ether oxygens (including phenoxy) is 2. The molecule has 0 unspecified atom stereocenters. The average Bonchev–Trinajstić information content (AvgIpc) is 2.68. The van der Waals surface area contributed by atoms with E-state index in [0.29, 0.717) is 5.75 Å². The summed E-state index contributed by atoms with van der Waals surface area (Å²) in [6.45, 7) is 0.904. The molecular weight excluding hydrogens is 396 g/mol. The Labute approximate surface area is 163 Å². The molecule has 10 heteroatoms. The van der Waals surface area contributed by atoms with Crippen LogP contribution in [0.25, 0.3) is 0 Å². The third-order valence-corrected chi connectivity index (χ3v) is 3.86. The van der Waals surface area contributed by atoms with Crippen LogP contribution in [0.2, 0.25) is 0 Å². The van der Waals surface area contributed by atoms with Gasteiger partial charge in [-0.1, -0.05) is 12.1 Å². The Morgan fingerprint density at radius 1 is 1.03 bits per heavy atom. The van der Waals surface area contributed by atoms with Gasteiger partial charge < -0.3 is 20.1 Å². The number of hydrogen-bond donors (Lipinski definition) is 2. The number of halogens is 4. The van der Waals surface area contributed by atoms with Crippen molar-refractivity contribution in [2.24, 2.45) is 0 Å². The van der Waals surface area contributed by atoms with E-state index in [9.17, 15) is 27.2 Å². The van der Waals surface area contributed by atoms with Crippen LogP contribution < -0.4 is 15.4 Å². The number of rotatable bonds is 7. The zero-order chi connectivity index (χ0) is 21.7. The third-order valence-electron chi connectivity index (χ3n) is 3.86. The predicted molar refractivity (Wildman–Crippen MR) is 95.9 cm³/mol. The fourth-order valence-electron chi connectivity index (χ4n) is 2.38. The first-order valence-electron chi connectivity index (χ1n) is 8.38. The second-order valence-electron chi connectivity index (χ2n) is 5.76. The van der Waals surface area contributed by atoms with E-state index in [0.717, 1.165) is 12.1 Å². The van der Waals surface area contributed by atoms with E-state index >= 15 is 0 Å². The van der Waals surface area contributed by atoms with E-state index in [2.05, 4.69) is 4.74 Å². The number of carbonyl (C=O) groups is 2. The van der Waals surface area contributed by atoms with Crippen molar-refractivity contribution in [3.8, 4) is 5.75 Å².